The van der Waals surface area contributed by atoms with Crippen molar-refractivity contribution < 1.29 is 33.4 Å². The van der Waals surface area contributed by atoms with Crippen LogP contribution in [0.4, 0.5) is 4.79 Å². The fourth-order valence-electron chi connectivity index (χ4n) is 4.52. The molecule has 13 nitrogen and oxygen atoms in total. The van der Waals surface area contributed by atoms with Crippen molar-refractivity contribution in [2.24, 2.45) is 0 Å². The lowest BCUT2D eigenvalue weighted by atomic mass is 10.1. The van der Waals surface area contributed by atoms with E-state index in [9.17, 15) is 19.2 Å². The van der Waals surface area contributed by atoms with Crippen LogP contribution in [-0.2, 0) is 35.1 Å². The molecule has 3 N–H and O–H groups in total. The molecule has 0 aliphatic rings. The van der Waals surface area contributed by atoms with Crippen LogP contribution in [0.25, 0.3) is 10.9 Å². The van der Waals surface area contributed by atoms with Gasteiger partial charge in [-0.05, 0) is 60.1 Å². The number of aromatic nitrogens is 1. The third kappa shape index (κ3) is 11.7. The summed E-state index contributed by atoms with van der Waals surface area (Å²) in [7, 11) is 1.51. The minimum atomic E-state index is -1.29. The van der Waals surface area contributed by atoms with Crippen molar-refractivity contribution in [2.75, 3.05) is 33.4 Å². The van der Waals surface area contributed by atoms with Crippen LogP contribution in [0.1, 0.15) is 60.5 Å². The Bertz CT molecular complexity index is 1240. The topological polar surface area (TPSA) is 151 Å². The lowest BCUT2D eigenvalue weighted by Gasteiger charge is -2.36. The molecule has 1 aromatic heterocycles. The number of fused-ring (bicyclic) bond motifs is 1. The van der Waals surface area contributed by atoms with Crippen molar-refractivity contribution in [2.45, 2.75) is 85.4 Å². The highest BCUT2D eigenvalue weighted by Gasteiger charge is 2.36. The van der Waals surface area contributed by atoms with Crippen LogP contribution in [0, 0.1) is 0 Å². The van der Waals surface area contributed by atoms with Gasteiger partial charge in [0.2, 0.25) is 11.8 Å². The molecule has 2 rings (SSSR count). The van der Waals surface area contributed by atoms with Crippen LogP contribution in [-0.4, -0.2) is 96.0 Å². The maximum Gasteiger partial charge on any atom is 0.329 e. The molecule has 4 amide bonds. The van der Waals surface area contributed by atoms with Crippen molar-refractivity contribution in [3.8, 4) is 0 Å². The van der Waals surface area contributed by atoms with Gasteiger partial charge in [-0.1, -0.05) is 24.3 Å². The third-order valence-corrected chi connectivity index (χ3v) is 6.32. The van der Waals surface area contributed by atoms with Gasteiger partial charge in [0.25, 0.3) is 0 Å². The number of hydrazine groups is 1. The molecule has 13 heteroatoms. The lowest BCUT2D eigenvalue weighted by Crippen LogP contribution is -2.57. The highest BCUT2D eigenvalue weighted by atomic mass is 16.7. The highest BCUT2D eigenvalue weighted by Crippen LogP contribution is 2.22. The summed E-state index contributed by atoms with van der Waals surface area (Å²) in [5.41, 5.74) is 3.20. The largest absolute Gasteiger partial charge is 0.460 e. The first-order chi connectivity index (χ1) is 20.8. The molecule has 2 atom stereocenters. The number of nitrogens with zero attached hydrogens (tertiary/aromatic N) is 3. The van der Waals surface area contributed by atoms with Crippen molar-refractivity contribution in [3.63, 3.8) is 0 Å². The molecule has 244 valence electrons. The fraction of sp³-hybridized carbons (Fsp3) is 0.581. The molecule has 0 radical (unpaired) electrons. The van der Waals surface area contributed by atoms with Crippen molar-refractivity contribution in [1.29, 1.82) is 0 Å². The number of amides is 4. The predicted octanol–water partition coefficient (Wildman–Crippen LogP) is 2.73. The molecule has 0 saturated carbocycles. The van der Waals surface area contributed by atoms with Crippen molar-refractivity contribution in [1.82, 2.24) is 31.0 Å². The Balaban J connectivity index is 2.47. The molecule has 44 heavy (non-hydrogen) atoms. The van der Waals surface area contributed by atoms with E-state index in [0.29, 0.717) is 19.8 Å². The maximum atomic E-state index is 14.4. The summed E-state index contributed by atoms with van der Waals surface area (Å²) in [5.74, 6) is -1.78. The molecule has 0 aliphatic heterocycles. The number of pyridine rings is 1. The van der Waals surface area contributed by atoms with E-state index < -0.39 is 54.2 Å². The van der Waals surface area contributed by atoms with E-state index >= 15 is 0 Å². The Morgan fingerprint density at radius 1 is 1.00 bits per heavy atom. The second-order valence-electron chi connectivity index (χ2n) is 11.2. The van der Waals surface area contributed by atoms with Gasteiger partial charge in [-0.3, -0.25) is 24.8 Å². The number of carbonyl (C=O) groups excluding carboxylic acids is 4. The van der Waals surface area contributed by atoms with Gasteiger partial charge in [0.05, 0.1) is 24.5 Å². The number of nitrogens with one attached hydrogen (secondary N) is 3. The minimum absolute atomic E-state index is 0.102. The summed E-state index contributed by atoms with van der Waals surface area (Å²) in [5, 5.41) is 7.44. The van der Waals surface area contributed by atoms with E-state index in [1.54, 1.807) is 40.8 Å². The van der Waals surface area contributed by atoms with Gasteiger partial charge in [0.15, 0.2) is 6.29 Å². The number of likely N-dealkylation sites (N-methyl/N-ethyl adjacent to an activating group) is 1. The number of rotatable bonds is 16. The molecule has 2 aromatic rings. The van der Waals surface area contributed by atoms with Gasteiger partial charge in [0, 0.05) is 44.9 Å². The van der Waals surface area contributed by atoms with E-state index in [-0.39, 0.29) is 13.1 Å². The van der Waals surface area contributed by atoms with Crippen LogP contribution < -0.4 is 16.1 Å². The van der Waals surface area contributed by atoms with Gasteiger partial charge >= 0.3 is 12.0 Å². The number of hydrogen-bond acceptors (Lipinski definition) is 9. The smallest absolute Gasteiger partial charge is 0.329 e. The molecular weight excluding hydrogens is 568 g/mol. The van der Waals surface area contributed by atoms with E-state index in [1.807, 2.05) is 44.2 Å². The van der Waals surface area contributed by atoms with Gasteiger partial charge < -0.3 is 29.7 Å². The highest BCUT2D eigenvalue weighted by molar-refractivity contribution is 5.92. The predicted molar refractivity (Wildman–Crippen MR) is 166 cm³/mol. The number of para-hydroxylation sites is 1. The number of hydrogen-bond donors (Lipinski definition) is 3. The normalized spacial score (nSPS) is 13.0. The molecule has 2 unspecified atom stereocenters. The summed E-state index contributed by atoms with van der Waals surface area (Å²) in [6.07, 6.45) is 0.490. The maximum absolute atomic E-state index is 14.4. The SMILES string of the molecule is CCNC(=O)NN(C)CC(=O)NC(CC(=O)OC(C)(C)C)C(=O)N(Cc1cccc2cccnc12)C(C)C(OCC)OCC. The first-order valence-electron chi connectivity index (χ1n) is 14.9. The lowest BCUT2D eigenvalue weighted by molar-refractivity contribution is -0.180. The molecular formula is C31H48N6O7. The first-order valence-corrected chi connectivity index (χ1v) is 14.9. The van der Waals surface area contributed by atoms with Crippen LogP contribution >= 0.6 is 0 Å². The Morgan fingerprint density at radius 2 is 1.66 bits per heavy atom. The van der Waals surface area contributed by atoms with Crippen LogP contribution in [0.5, 0.6) is 0 Å². The molecule has 1 aromatic carbocycles. The average molecular weight is 617 g/mol. The number of esters is 1. The minimum Gasteiger partial charge on any atom is -0.460 e. The van der Waals surface area contributed by atoms with E-state index in [2.05, 4.69) is 21.0 Å². The zero-order chi connectivity index (χ0) is 32.9. The zero-order valence-corrected chi connectivity index (χ0v) is 27.1. The molecule has 0 fully saturated rings. The summed E-state index contributed by atoms with van der Waals surface area (Å²) in [6.45, 7) is 13.3. The molecule has 0 aliphatic carbocycles. The molecule has 0 spiro atoms. The van der Waals surface area contributed by atoms with Crippen LogP contribution in [0.3, 0.4) is 0 Å². The zero-order valence-electron chi connectivity index (χ0n) is 27.1. The summed E-state index contributed by atoms with van der Waals surface area (Å²) in [6, 6.07) is 7.07. The number of benzene rings is 1. The Kier molecular flexibility index (Phi) is 14.4. The van der Waals surface area contributed by atoms with Crippen LogP contribution in [0.15, 0.2) is 36.5 Å². The first kappa shape index (κ1) is 36.4. The van der Waals surface area contributed by atoms with Crippen molar-refractivity contribution in [3.05, 3.63) is 42.1 Å². The molecule has 0 bridgehead atoms. The summed E-state index contributed by atoms with van der Waals surface area (Å²) < 4.78 is 17.2. The Labute approximate surface area is 259 Å². The van der Waals surface area contributed by atoms with E-state index in [4.69, 9.17) is 14.2 Å². The van der Waals surface area contributed by atoms with Gasteiger partial charge in [-0.2, -0.15) is 0 Å². The van der Waals surface area contributed by atoms with E-state index in [1.165, 1.54) is 17.0 Å². The van der Waals surface area contributed by atoms with Gasteiger partial charge in [-0.25, -0.2) is 9.80 Å². The van der Waals surface area contributed by atoms with Crippen molar-refractivity contribution >= 4 is 34.7 Å². The second kappa shape index (κ2) is 17.5. The quantitative estimate of drug-likeness (QED) is 0.147. The fourth-order valence-corrected chi connectivity index (χ4v) is 4.52. The standard InChI is InChI=1S/C31H48N6O7/c1-9-32-30(41)35-36(8)20-25(38)34-24(18-26(39)44-31(5,6)7)28(40)37(21(4)29(42-10-2)43-11-3)19-23-15-12-14-22-16-13-17-33-27(22)23/h12-17,21,24,29H,9-11,18-20H2,1-8H3,(H,34,38)(H2,32,35,41). The molecule has 1 heterocycles. The summed E-state index contributed by atoms with van der Waals surface area (Å²) >= 11 is 0. The van der Waals surface area contributed by atoms with E-state index in [0.717, 1.165) is 16.5 Å². The number of urea groups is 1. The monoisotopic (exact) mass is 616 g/mol. The second-order valence-corrected chi connectivity index (χ2v) is 11.2. The number of carbonyl (C=O) groups is 4. The average Bonchev–Trinajstić information content (AvgIpc) is 2.93. The third-order valence-electron chi connectivity index (χ3n) is 6.32. The Morgan fingerprint density at radius 3 is 2.27 bits per heavy atom. The molecule has 0 saturated heterocycles. The van der Waals surface area contributed by atoms with Crippen LogP contribution in [0.2, 0.25) is 0 Å². The van der Waals surface area contributed by atoms with Gasteiger partial charge in [-0.15, -0.1) is 0 Å². The number of ether oxygens (including phenoxy) is 3. The summed E-state index contributed by atoms with van der Waals surface area (Å²) in [4.78, 5) is 58.5. The van der Waals surface area contributed by atoms with Gasteiger partial charge in [0.1, 0.15) is 11.6 Å². The Hall–Kier alpha value is -3.81.